The number of sulfonamides is 1. The molecule has 24 heavy (non-hydrogen) atoms. The van der Waals surface area contributed by atoms with Crippen LogP contribution in [0.3, 0.4) is 0 Å². The van der Waals surface area contributed by atoms with Gasteiger partial charge in [0, 0.05) is 32.1 Å². The van der Waals surface area contributed by atoms with Crippen molar-refractivity contribution in [3.8, 4) is 0 Å². The van der Waals surface area contributed by atoms with Gasteiger partial charge in [0.05, 0.1) is 5.75 Å². The van der Waals surface area contributed by atoms with Crippen LogP contribution in [0.25, 0.3) is 5.65 Å². The predicted octanol–water partition coefficient (Wildman–Crippen LogP) is 0.863. The number of piperazine rings is 1. The summed E-state index contributed by atoms with van der Waals surface area (Å²) in [6.07, 6.45) is 2.96. The van der Waals surface area contributed by atoms with Crippen LogP contribution < -0.4 is 4.90 Å². The van der Waals surface area contributed by atoms with Crippen LogP contribution in [0.5, 0.6) is 0 Å². The summed E-state index contributed by atoms with van der Waals surface area (Å²) in [6, 6.07) is 3.87. The molecule has 8 nitrogen and oxygen atoms in total. The number of rotatable bonds is 5. The van der Waals surface area contributed by atoms with E-state index in [0.717, 1.165) is 30.1 Å². The molecule has 1 aliphatic heterocycles. The van der Waals surface area contributed by atoms with Gasteiger partial charge in [-0.15, -0.1) is 15.3 Å². The molecule has 2 aromatic heterocycles. The second-order valence-corrected chi connectivity index (χ2v) is 8.58. The topological polar surface area (TPSA) is 83.7 Å². The van der Waals surface area contributed by atoms with Crippen molar-refractivity contribution in [2.24, 2.45) is 0 Å². The Morgan fingerprint density at radius 2 is 1.88 bits per heavy atom. The third-order valence-corrected chi connectivity index (χ3v) is 6.71. The minimum Gasteiger partial charge on any atom is -0.353 e. The molecule has 130 valence electrons. The molecule has 1 saturated heterocycles. The smallest absolute Gasteiger partial charge is 0.214 e. The summed E-state index contributed by atoms with van der Waals surface area (Å²) in [5.74, 6) is 2.51. The van der Waals surface area contributed by atoms with Gasteiger partial charge in [-0.2, -0.15) is 8.82 Å². The van der Waals surface area contributed by atoms with Crippen LogP contribution in [0, 0.1) is 0 Å². The quantitative estimate of drug-likeness (QED) is 0.795. The van der Waals surface area contributed by atoms with Crippen LogP contribution in [0.4, 0.5) is 5.82 Å². The van der Waals surface area contributed by atoms with Crippen LogP contribution in [-0.4, -0.2) is 64.5 Å². The molecule has 0 aromatic carbocycles. The number of nitrogens with zero attached hydrogens (tertiary/aromatic N) is 6. The first kappa shape index (κ1) is 15.8. The van der Waals surface area contributed by atoms with Crippen molar-refractivity contribution in [3.63, 3.8) is 0 Å². The van der Waals surface area contributed by atoms with Crippen molar-refractivity contribution < 1.29 is 8.42 Å². The molecule has 0 radical (unpaired) electrons. The molecule has 3 heterocycles. The molecule has 2 fully saturated rings. The lowest BCUT2D eigenvalue weighted by Crippen LogP contribution is -2.49. The van der Waals surface area contributed by atoms with Crippen molar-refractivity contribution >= 4 is 21.5 Å². The van der Waals surface area contributed by atoms with Crippen molar-refractivity contribution in [2.75, 3.05) is 36.8 Å². The van der Waals surface area contributed by atoms with Crippen molar-refractivity contribution in [3.05, 3.63) is 18.0 Å². The van der Waals surface area contributed by atoms with Crippen molar-refractivity contribution in [1.29, 1.82) is 0 Å². The Morgan fingerprint density at radius 1 is 1.12 bits per heavy atom. The van der Waals surface area contributed by atoms with Crippen LogP contribution in [-0.2, 0) is 10.0 Å². The van der Waals surface area contributed by atoms with Crippen molar-refractivity contribution in [1.82, 2.24) is 24.1 Å². The van der Waals surface area contributed by atoms with Gasteiger partial charge in [-0.1, -0.05) is 6.92 Å². The van der Waals surface area contributed by atoms with E-state index in [9.17, 15) is 8.42 Å². The van der Waals surface area contributed by atoms with Crippen LogP contribution in [0.15, 0.2) is 12.1 Å². The highest BCUT2D eigenvalue weighted by molar-refractivity contribution is 7.89. The average Bonchev–Trinajstić information content (AvgIpc) is 3.34. The fraction of sp³-hybridized carbons (Fsp3) is 0.667. The van der Waals surface area contributed by atoms with Gasteiger partial charge in [0.25, 0.3) is 0 Å². The third kappa shape index (κ3) is 2.86. The second kappa shape index (κ2) is 5.96. The Morgan fingerprint density at radius 3 is 2.54 bits per heavy atom. The van der Waals surface area contributed by atoms with E-state index >= 15 is 0 Å². The highest BCUT2D eigenvalue weighted by atomic mass is 32.2. The summed E-state index contributed by atoms with van der Waals surface area (Å²) in [4.78, 5) is 2.13. The van der Waals surface area contributed by atoms with E-state index in [1.807, 2.05) is 23.6 Å². The Kier molecular flexibility index (Phi) is 3.92. The lowest BCUT2D eigenvalue weighted by molar-refractivity contribution is 0.383. The molecule has 0 unspecified atom stereocenters. The summed E-state index contributed by atoms with van der Waals surface area (Å²) in [5, 5.41) is 13.1. The molecule has 0 spiro atoms. The first-order valence-electron chi connectivity index (χ1n) is 8.53. The molecule has 1 saturated carbocycles. The van der Waals surface area contributed by atoms with Crippen LogP contribution >= 0.6 is 0 Å². The van der Waals surface area contributed by atoms with Gasteiger partial charge in [0.15, 0.2) is 11.5 Å². The summed E-state index contributed by atoms with van der Waals surface area (Å²) in [6.45, 7) is 4.23. The molecule has 9 heteroatoms. The van der Waals surface area contributed by atoms with Gasteiger partial charge in [-0.3, -0.25) is 0 Å². The monoisotopic (exact) mass is 350 g/mol. The maximum atomic E-state index is 12.2. The van der Waals surface area contributed by atoms with Crippen molar-refractivity contribution in [2.45, 2.75) is 32.1 Å². The fourth-order valence-electron chi connectivity index (χ4n) is 3.14. The van der Waals surface area contributed by atoms with E-state index in [-0.39, 0.29) is 5.75 Å². The molecular formula is C15H22N6O2S. The summed E-state index contributed by atoms with van der Waals surface area (Å²) in [5.41, 5.74) is 0.768. The highest BCUT2D eigenvalue weighted by Crippen LogP contribution is 2.38. The summed E-state index contributed by atoms with van der Waals surface area (Å²) >= 11 is 0. The van der Waals surface area contributed by atoms with Gasteiger partial charge in [0.2, 0.25) is 10.0 Å². The molecule has 0 N–H and O–H groups in total. The molecule has 2 aliphatic rings. The third-order valence-electron chi connectivity index (χ3n) is 4.63. The van der Waals surface area contributed by atoms with Gasteiger partial charge in [0.1, 0.15) is 5.82 Å². The van der Waals surface area contributed by atoms with E-state index in [1.165, 1.54) is 0 Å². The SMILES string of the molecule is CCCS(=O)(=O)N1CCN(c2ccc3nnc(C4CC4)n3n2)CC1. The number of aromatic nitrogens is 4. The molecule has 0 atom stereocenters. The van der Waals surface area contributed by atoms with E-state index in [0.29, 0.717) is 38.5 Å². The van der Waals surface area contributed by atoms with E-state index in [4.69, 9.17) is 5.10 Å². The van der Waals surface area contributed by atoms with Gasteiger partial charge < -0.3 is 4.90 Å². The highest BCUT2D eigenvalue weighted by Gasteiger charge is 2.30. The zero-order chi connectivity index (χ0) is 16.7. The van der Waals surface area contributed by atoms with Crippen LogP contribution in [0.1, 0.15) is 37.9 Å². The standard InChI is InChI=1S/C15H22N6O2S/c1-2-11-24(22,23)20-9-7-19(8-10-20)14-6-5-13-16-17-15(12-3-4-12)21(13)18-14/h5-6,12H,2-4,7-11H2,1H3. The maximum Gasteiger partial charge on any atom is 0.214 e. The number of anilines is 1. The summed E-state index contributed by atoms with van der Waals surface area (Å²) in [7, 11) is -3.11. The fourth-order valence-corrected chi connectivity index (χ4v) is 4.64. The average molecular weight is 350 g/mol. The van der Waals surface area contributed by atoms with Gasteiger partial charge >= 0.3 is 0 Å². The largest absolute Gasteiger partial charge is 0.353 e. The normalized spacial score (nSPS) is 20.0. The number of fused-ring (bicyclic) bond motifs is 1. The second-order valence-electron chi connectivity index (χ2n) is 6.50. The molecular weight excluding hydrogens is 328 g/mol. The Hall–Kier alpha value is -1.74. The minimum absolute atomic E-state index is 0.225. The van der Waals surface area contributed by atoms with Gasteiger partial charge in [-0.05, 0) is 31.4 Å². The minimum atomic E-state index is -3.11. The molecule has 0 bridgehead atoms. The molecule has 4 rings (SSSR count). The van der Waals surface area contributed by atoms with E-state index < -0.39 is 10.0 Å². The van der Waals surface area contributed by atoms with Crippen LogP contribution in [0.2, 0.25) is 0 Å². The molecule has 1 aliphatic carbocycles. The van der Waals surface area contributed by atoms with E-state index in [2.05, 4.69) is 15.1 Å². The Balaban J connectivity index is 1.51. The summed E-state index contributed by atoms with van der Waals surface area (Å²) < 4.78 is 27.8. The zero-order valence-corrected chi connectivity index (χ0v) is 14.6. The Labute approximate surface area is 141 Å². The lowest BCUT2D eigenvalue weighted by Gasteiger charge is -2.34. The van der Waals surface area contributed by atoms with Gasteiger partial charge in [-0.25, -0.2) is 8.42 Å². The number of hydrogen-bond donors (Lipinski definition) is 0. The predicted molar refractivity (Wildman–Crippen MR) is 90.6 cm³/mol. The molecule has 0 amide bonds. The number of hydrogen-bond acceptors (Lipinski definition) is 6. The lowest BCUT2D eigenvalue weighted by atomic mass is 10.3. The van der Waals surface area contributed by atoms with E-state index in [1.54, 1.807) is 4.31 Å². The zero-order valence-electron chi connectivity index (χ0n) is 13.8. The first-order valence-corrected chi connectivity index (χ1v) is 10.1. The Bertz CT molecular complexity index is 837. The maximum absolute atomic E-state index is 12.2. The molecule has 2 aromatic rings. The first-order chi connectivity index (χ1) is 11.6.